The quantitative estimate of drug-likeness (QED) is 0.924. The molecule has 1 aromatic carbocycles. The number of hydrogen-bond donors (Lipinski definition) is 1. The summed E-state index contributed by atoms with van der Waals surface area (Å²) in [7, 11) is 0. The Hall–Kier alpha value is -1.26. The van der Waals surface area contributed by atoms with Gasteiger partial charge in [0.1, 0.15) is 5.75 Å². The predicted octanol–water partition coefficient (Wildman–Crippen LogP) is 2.09. The second-order valence-corrected chi connectivity index (χ2v) is 5.23. The summed E-state index contributed by atoms with van der Waals surface area (Å²) in [5.74, 6) is 0.525. The molecule has 2 unspecified atom stereocenters. The molecule has 2 rings (SSSR count). The van der Waals surface area contributed by atoms with Crippen molar-refractivity contribution in [3.63, 3.8) is 0 Å². The molecule has 1 saturated heterocycles. The van der Waals surface area contributed by atoms with Crippen molar-refractivity contribution in [2.24, 2.45) is 0 Å². The van der Waals surface area contributed by atoms with Gasteiger partial charge >= 0.3 is 0 Å². The maximum absolute atomic E-state index is 12.2. The second kappa shape index (κ2) is 6.26. The number of hydrogen-bond acceptors (Lipinski definition) is 3. The summed E-state index contributed by atoms with van der Waals surface area (Å²) >= 11 is 5.79. The summed E-state index contributed by atoms with van der Waals surface area (Å²) in [4.78, 5) is 13.8. The maximum Gasteiger partial charge on any atom is 0.263 e. The van der Waals surface area contributed by atoms with Crippen molar-refractivity contribution in [2.75, 3.05) is 13.1 Å². The fourth-order valence-electron chi connectivity index (χ4n) is 2.18. The highest BCUT2D eigenvalue weighted by molar-refractivity contribution is 6.30. The molecule has 19 heavy (non-hydrogen) atoms. The minimum atomic E-state index is -0.563. The van der Waals surface area contributed by atoms with Crippen molar-refractivity contribution in [1.29, 1.82) is 0 Å². The molecule has 1 N–H and O–H groups in total. The van der Waals surface area contributed by atoms with Gasteiger partial charge in [-0.1, -0.05) is 11.6 Å². The second-order valence-electron chi connectivity index (χ2n) is 4.79. The van der Waals surface area contributed by atoms with Gasteiger partial charge in [-0.15, -0.1) is 0 Å². The van der Waals surface area contributed by atoms with Crippen LogP contribution in [0.25, 0.3) is 0 Å². The van der Waals surface area contributed by atoms with E-state index in [0.29, 0.717) is 23.9 Å². The lowest BCUT2D eigenvalue weighted by atomic mass is 10.1. The number of likely N-dealkylation sites (tertiary alicyclic amines) is 1. The van der Waals surface area contributed by atoms with Crippen molar-refractivity contribution in [3.8, 4) is 5.75 Å². The predicted molar refractivity (Wildman–Crippen MR) is 73.4 cm³/mol. The van der Waals surface area contributed by atoms with Gasteiger partial charge in [0, 0.05) is 18.1 Å². The van der Waals surface area contributed by atoms with E-state index in [2.05, 4.69) is 0 Å². The van der Waals surface area contributed by atoms with Crippen molar-refractivity contribution in [2.45, 2.75) is 32.0 Å². The van der Waals surface area contributed by atoms with Gasteiger partial charge in [0.2, 0.25) is 0 Å². The Morgan fingerprint density at radius 3 is 2.79 bits per heavy atom. The molecular weight excluding hydrogens is 266 g/mol. The molecule has 104 valence electrons. The van der Waals surface area contributed by atoms with Crippen molar-refractivity contribution in [3.05, 3.63) is 29.3 Å². The fraction of sp³-hybridized carbons (Fsp3) is 0.500. The van der Waals surface area contributed by atoms with Gasteiger partial charge in [0.25, 0.3) is 5.91 Å². The molecule has 1 heterocycles. The van der Waals surface area contributed by atoms with Crippen LogP contribution in [0.15, 0.2) is 24.3 Å². The highest BCUT2D eigenvalue weighted by Gasteiger charge is 2.26. The molecule has 0 saturated carbocycles. The van der Waals surface area contributed by atoms with E-state index in [1.165, 1.54) is 0 Å². The molecular formula is C14H18ClNO3. The molecule has 0 bridgehead atoms. The molecule has 0 aromatic heterocycles. The summed E-state index contributed by atoms with van der Waals surface area (Å²) in [6.45, 7) is 2.80. The monoisotopic (exact) mass is 283 g/mol. The summed E-state index contributed by atoms with van der Waals surface area (Å²) in [6, 6.07) is 6.91. The van der Waals surface area contributed by atoms with Crippen LogP contribution in [0.3, 0.4) is 0 Å². The lowest BCUT2D eigenvalue weighted by Gasteiger charge is -2.32. The average Bonchev–Trinajstić information content (AvgIpc) is 2.40. The number of carbonyl (C=O) groups is 1. The van der Waals surface area contributed by atoms with Gasteiger partial charge in [0.05, 0.1) is 6.10 Å². The number of piperidine rings is 1. The zero-order valence-corrected chi connectivity index (χ0v) is 11.6. The highest BCUT2D eigenvalue weighted by atomic mass is 35.5. The van der Waals surface area contributed by atoms with Crippen LogP contribution in [0.1, 0.15) is 19.8 Å². The van der Waals surface area contributed by atoms with E-state index in [-0.39, 0.29) is 5.91 Å². The van der Waals surface area contributed by atoms with Crippen LogP contribution < -0.4 is 4.74 Å². The summed E-state index contributed by atoms with van der Waals surface area (Å²) < 4.78 is 5.59. The molecule has 4 nitrogen and oxygen atoms in total. The van der Waals surface area contributed by atoms with E-state index in [1.54, 1.807) is 36.1 Å². The zero-order chi connectivity index (χ0) is 13.8. The number of amides is 1. The molecule has 5 heteroatoms. The summed E-state index contributed by atoms with van der Waals surface area (Å²) in [5.41, 5.74) is 0. The number of aliphatic hydroxyl groups excluding tert-OH is 1. The number of ether oxygens (including phenoxy) is 1. The SMILES string of the molecule is CC(Oc1ccc(Cl)cc1)C(=O)N1CCCC(O)C1. The van der Waals surface area contributed by atoms with Crippen LogP contribution in [0.4, 0.5) is 0 Å². The number of carbonyl (C=O) groups excluding carboxylic acids is 1. The molecule has 0 aliphatic carbocycles. The van der Waals surface area contributed by atoms with E-state index < -0.39 is 12.2 Å². The first kappa shape index (κ1) is 14.2. The Kier molecular flexibility index (Phi) is 4.66. The van der Waals surface area contributed by atoms with E-state index in [0.717, 1.165) is 12.8 Å². The van der Waals surface area contributed by atoms with Gasteiger partial charge in [0.15, 0.2) is 6.10 Å². The third-order valence-corrected chi connectivity index (χ3v) is 3.43. The van der Waals surface area contributed by atoms with Crippen LogP contribution >= 0.6 is 11.6 Å². The van der Waals surface area contributed by atoms with Gasteiger partial charge in [-0.25, -0.2) is 0 Å². The lowest BCUT2D eigenvalue weighted by molar-refractivity contribution is -0.141. The lowest BCUT2D eigenvalue weighted by Crippen LogP contribution is -2.47. The Morgan fingerprint density at radius 2 is 2.16 bits per heavy atom. The standard InChI is InChI=1S/C14H18ClNO3/c1-10(19-13-6-4-11(15)5-7-13)14(18)16-8-2-3-12(17)9-16/h4-7,10,12,17H,2-3,8-9H2,1H3. The van der Waals surface area contributed by atoms with Crippen molar-refractivity contribution < 1.29 is 14.6 Å². The number of halogens is 1. The molecule has 1 fully saturated rings. The van der Waals surface area contributed by atoms with Crippen LogP contribution in [0, 0.1) is 0 Å². The summed E-state index contributed by atoms with van der Waals surface area (Å²) in [5, 5.41) is 10.2. The topological polar surface area (TPSA) is 49.8 Å². The van der Waals surface area contributed by atoms with E-state index in [9.17, 15) is 9.90 Å². The van der Waals surface area contributed by atoms with Crippen LogP contribution in [-0.4, -0.2) is 41.2 Å². The van der Waals surface area contributed by atoms with Crippen molar-refractivity contribution in [1.82, 2.24) is 4.90 Å². The first-order valence-electron chi connectivity index (χ1n) is 6.45. The Labute approximate surface area is 117 Å². The molecule has 1 aliphatic rings. The number of β-amino-alcohol motifs (C(OH)–C–C–N with tert-alkyl or cyclic N) is 1. The van der Waals surface area contributed by atoms with Gasteiger partial charge in [-0.3, -0.25) is 4.79 Å². The number of rotatable bonds is 3. The van der Waals surface area contributed by atoms with E-state index >= 15 is 0 Å². The third-order valence-electron chi connectivity index (χ3n) is 3.18. The summed E-state index contributed by atoms with van der Waals surface area (Å²) in [6.07, 6.45) is 0.614. The Morgan fingerprint density at radius 1 is 1.47 bits per heavy atom. The zero-order valence-electron chi connectivity index (χ0n) is 10.9. The van der Waals surface area contributed by atoms with Crippen LogP contribution in [0.2, 0.25) is 5.02 Å². The third kappa shape index (κ3) is 3.85. The van der Waals surface area contributed by atoms with Crippen LogP contribution in [-0.2, 0) is 4.79 Å². The normalized spacial score (nSPS) is 21.0. The van der Waals surface area contributed by atoms with Gasteiger partial charge in [-0.05, 0) is 44.0 Å². The molecule has 2 atom stereocenters. The number of aliphatic hydroxyl groups is 1. The van der Waals surface area contributed by atoms with Crippen molar-refractivity contribution >= 4 is 17.5 Å². The molecule has 1 amide bonds. The largest absolute Gasteiger partial charge is 0.481 e. The molecule has 1 aliphatic heterocycles. The van der Waals surface area contributed by atoms with Crippen LogP contribution in [0.5, 0.6) is 5.75 Å². The van der Waals surface area contributed by atoms with Gasteiger partial charge < -0.3 is 14.7 Å². The van der Waals surface area contributed by atoms with E-state index in [4.69, 9.17) is 16.3 Å². The Bertz CT molecular complexity index is 435. The van der Waals surface area contributed by atoms with Gasteiger partial charge in [-0.2, -0.15) is 0 Å². The average molecular weight is 284 g/mol. The minimum Gasteiger partial charge on any atom is -0.481 e. The molecule has 0 radical (unpaired) electrons. The van der Waals surface area contributed by atoms with E-state index in [1.807, 2.05) is 0 Å². The molecule has 1 aromatic rings. The first-order chi connectivity index (χ1) is 9.06. The highest BCUT2D eigenvalue weighted by Crippen LogP contribution is 2.18. The molecule has 0 spiro atoms. The first-order valence-corrected chi connectivity index (χ1v) is 6.83. The number of nitrogens with zero attached hydrogens (tertiary/aromatic N) is 1. The smallest absolute Gasteiger partial charge is 0.263 e. The fourth-order valence-corrected chi connectivity index (χ4v) is 2.31. The number of benzene rings is 1. The Balaban J connectivity index is 1.93. The maximum atomic E-state index is 12.2. The minimum absolute atomic E-state index is 0.0892.